The number of nitrogen functional groups attached to an aromatic ring is 1. The van der Waals surface area contributed by atoms with Gasteiger partial charge in [-0.25, -0.2) is 4.98 Å². The molecule has 4 nitrogen and oxygen atoms in total. The molecule has 0 amide bonds. The number of piperidine rings is 1. The Morgan fingerprint density at radius 3 is 3.06 bits per heavy atom. The zero-order chi connectivity index (χ0) is 11.2. The predicted molar refractivity (Wildman–Crippen MR) is 67.4 cm³/mol. The molecule has 1 aromatic rings. The molecule has 1 unspecified atom stereocenters. The lowest BCUT2D eigenvalue weighted by atomic mass is 10.0. The van der Waals surface area contributed by atoms with Crippen LogP contribution in [-0.4, -0.2) is 24.1 Å². The molecule has 0 radical (unpaired) electrons. The SMILES string of the molecule is Nc1ccc(NCCC2CCCCN2)nc1. The molecule has 0 aliphatic carbocycles. The number of hydrogen-bond acceptors (Lipinski definition) is 4. The van der Waals surface area contributed by atoms with Gasteiger partial charge in [-0.15, -0.1) is 0 Å². The zero-order valence-corrected chi connectivity index (χ0v) is 9.58. The molecule has 88 valence electrons. The van der Waals surface area contributed by atoms with Crippen molar-refractivity contribution in [3.05, 3.63) is 18.3 Å². The number of anilines is 2. The van der Waals surface area contributed by atoms with E-state index in [-0.39, 0.29) is 0 Å². The minimum Gasteiger partial charge on any atom is -0.397 e. The van der Waals surface area contributed by atoms with Gasteiger partial charge in [-0.1, -0.05) is 6.42 Å². The topological polar surface area (TPSA) is 63.0 Å². The summed E-state index contributed by atoms with van der Waals surface area (Å²) in [6.07, 6.45) is 6.82. The van der Waals surface area contributed by atoms with Gasteiger partial charge in [-0.05, 0) is 37.9 Å². The van der Waals surface area contributed by atoms with Crippen molar-refractivity contribution in [3.63, 3.8) is 0 Å². The van der Waals surface area contributed by atoms with Gasteiger partial charge in [0.2, 0.25) is 0 Å². The molecule has 16 heavy (non-hydrogen) atoms. The Morgan fingerprint density at radius 2 is 2.38 bits per heavy atom. The van der Waals surface area contributed by atoms with E-state index < -0.39 is 0 Å². The monoisotopic (exact) mass is 220 g/mol. The van der Waals surface area contributed by atoms with Gasteiger partial charge in [0.15, 0.2) is 0 Å². The molecule has 1 saturated heterocycles. The second-order valence-electron chi connectivity index (χ2n) is 4.34. The average Bonchev–Trinajstić information content (AvgIpc) is 2.33. The number of hydrogen-bond donors (Lipinski definition) is 3. The molecule has 1 aliphatic rings. The number of rotatable bonds is 4. The fourth-order valence-electron chi connectivity index (χ4n) is 2.05. The van der Waals surface area contributed by atoms with Crippen LogP contribution in [0.2, 0.25) is 0 Å². The molecule has 0 aromatic carbocycles. The molecule has 2 heterocycles. The third kappa shape index (κ3) is 3.38. The molecular weight excluding hydrogens is 200 g/mol. The highest BCUT2D eigenvalue weighted by Crippen LogP contribution is 2.11. The first-order chi connectivity index (χ1) is 7.84. The predicted octanol–water partition coefficient (Wildman–Crippen LogP) is 1.61. The molecule has 1 fully saturated rings. The Labute approximate surface area is 96.6 Å². The van der Waals surface area contributed by atoms with Gasteiger partial charge in [0.05, 0.1) is 11.9 Å². The molecule has 1 aliphatic heterocycles. The van der Waals surface area contributed by atoms with E-state index in [4.69, 9.17) is 5.73 Å². The van der Waals surface area contributed by atoms with Gasteiger partial charge >= 0.3 is 0 Å². The Hall–Kier alpha value is -1.29. The van der Waals surface area contributed by atoms with Crippen LogP contribution in [0.5, 0.6) is 0 Å². The van der Waals surface area contributed by atoms with Gasteiger partial charge in [0.1, 0.15) is 5.82 Å². The second kappa shape index (κ2) is 5.70. The van der Waals surface area contributed by atoms with Crippen molar-refractivity contribution in [2.45, 2.75) is 31.7 Å². The fraction of sp³-hybridized carbons (Fsp3) is 0.583. The summed E-state index contributed by atoms with van der Waals surface area (Å²) in [5, 5.41) is 6.85. The number of pyridine rings is 1. The summed E-state index contributed by atoms with van der Waals surface area (Å²) < 4.78 is 0. The van der Waals surface area contributed by atoms with Crippen molar-refractivity contribution in [1.82, 2.24) is 10.3 Å². The summed E-state index contributed by atoms with van der Waals surface area (Å²) in [4.78, 5) is 4.20. The maximum absolute atomic E-state index is 5.57. The average molecular weight is 220 g/mol. The van der Waals surface area contributed by atoms with Crippen molar-refractivity contribution in [2.24, 2.45) is 0 Å². The number of aromatic nitrogens is 1. The minimum atomic E-state index is 0.676. The zero-order valence-electron chi connectivity index (χ0n) is 9.58. The highest BCUT2D eigenvalue weighted by atomic mass is 15.0. The van der Waals surface area contributed by atoms with Crippen molar-refractivity contribution in [3.8, 4) is 0 Å². The second-order valence-corrected chi connectivity index (χ2v) is 4.34. The van der Waals surface area contributed by atoms with E-state index in [2.05, 4.69) is 15.6 Å². The lowest BCUT2D eigenvalue weighted by Gasteiger charge is -2.23. The molecule has 0 spiro atoms. The molecule has 1 aromatic heterocycles. The molecule has 2 rings (SSSR count). The van der Waals surface area contributed by atoms with Gasteiger partial charge in [0, 0.05) is 12.6 Å². The molecule has 4 heteroatoms. The lowest BCUT2D eigenvalue weighted by Crippen LogP contribution is -2.35. The van der Waals surface area contributed by atoms with E-state index in [0.717, 1.165) is 18.8 Å². The summed E-state index contributed by atoms with van der Waals surface area (Å²) in [6.45, 7) is 2.14. The van der Waals surface area contributed by atoms with E-state index in [1.165, 1.54) is 25.8 Å². The van der Waals surface area contributed by atoms with Crippen molar-refractivity contribution in [2.75, 3.05) is 24.1 Å². The third-order valence-electron chi connectivity index (χ3n) is 3.00. The van der Waals surface area contributed by atoms with E-state index in [9.17, 15) is 0 Å². The quantitative estimate of drug-likeness (QED) is 0.721. The third-order valence-corrected chi connectivity index (χ3v) is 3.00. The highest BCUT2D eigenvalue weighted by molar-refractivity contribution is 5.43. The maximum atomic E-state index is 5.57. The molecule has 0 bridgehead atoms. The molecule has 0 saturated carbocycles. The Bertz CT molecular complexity index is 303. The van der Waals surface area contributed by atoms with Crippen LogP contribution >= 0.6 is 0 Å². The van der Waals surface area contributed by atoms with Gasteiger partial charge in [-0.2, -0.15) is 0 Å². The summed E-state index contributed by atoms with van der Waals surface area (Å²) in [5.74, 6) is 0.907. The summed E-state index contributed by atoms with van der Waals surface area (Å²) in [5.41, 5.74) is 6.28. The van der Waals surface area contributed by atoms with E-state index >= 15 is 0 Å². The van der Waals surface area contributed by atoms with Crippen molar-refractivity contribution < 1.29 is 0 Å². The van der Waals surface area contributed by atoms with Crippen LogP contribution in [0, 0.1) is 0 Å². The van der Waals surface area contributed by atoms with Crippen LogP contribution in [0.25, 0.3) is 0 Å². The van der Waals surface area contributed by atoms with Gasteiger partial charge in [0.25, 0.3) is 0 Å². The smallest absolute Gasteiger partial charge is 0.126 e. The Morgan fingerprint density at radius 1 is 1.44 bits per heavy atom. The van der Waals surface area contributed by atoms with Crippen molar-refractivity contribution in [1.29, 1.82) is 0 Å². The Kier molecular flexibility index (Phi) is 3.99. The summed E-state index contributed by atoms with van der Waals surface area (Å²) in [7, 11) is 0. The van der Waals surface area contributed by atoms with Crippen LogP contribution in [-0.2, 0) is 0 Å². The number of nitrogens with two attached hydrogens (primary N) is 1. The highest BCUT2D eigenvalue weighted by Gasteiger charge is 2.11. The number of nitrogens with one attached hydrogen (secondary N) is 2. The maximum Gasteiger partial charge on any atom is 0.126 e. The first-order valence-corrected chi connectivity index (χ1v) is 6.03. The lowest BCUT2D eigenvalue weighted by molar-refractivity contribution is 0.389. The van der Waals surface area contributed by atoms with E-state index in [0.29, 0.717) is 11.7 Å². The van der Waals surface area contributed by atoms with Gasteiger partial charge < -0.3 is 16.4 Å². The van der Waals surface area contributed by atoms with E-state index in [1.54, 1.807) is 6.20 Å². The standard InChI is InChI=1S/C12H20N4/c13-10-4-5-12(16-9-10)15-8-6-11-3-1-2-7-14-11/h4-5,9,11,14H,1-3,6-8,13H2,(H,15,16). The molecular formula is C12H20N4. The van der Waals surface area contributed by atoms with Crippen LogP contribution in [0.4, 0.5) is 11.5 Å². The van der Waals surface area contributed by atoms with Crippen LogP contribution in [0.1, 0.15) is 25.7 Å². The van der Waals surface area contributed by atoms with Crippen LogP contribution in [0.3, 0.4) is 0 Å². The van der Waals surface area contributed by atoms with Crippen molar-refractivity contribution >= 4 is 11.5 Å². The summed E-state index contributed by atoms with van der Waals surface area (Å²) >= 11 is 0. The van der Waals surface area contributed by atoms with Crippen LogP contribution < -0.4 is 16.4 Å². The normalized spacial score (nSPS) is 20.6. The van der Waals surface area contributed by atoms with Crippen LogP contribution in [0.15, 0.2) is 18.3 Å². The van der Waals surface area contributed by atoms with Gasteiger partial charge in [-0.3, -0.25) is 0 Å². The number of nitrogens with zero attached hydrogens (tertiary/aromatic N) is 1. The fourth-order valence-corrected chi connectivity index (χ4v) is 2.05. The first-order valence-electron chi connectivity index (χ1n) is 6.03. The van der Waals surface area contributed by atoms with E-state index in [1.807, 2.05) is 12.1 Å². The molecule has 4 N–H and O–H groups in total. The largest absolute Gasteiger partial charge is 0.397 e. The minimum absolute atomic E-state index is 0.676. The Balaban J connectivity index is 1.69. The molecule has 1 atom stereocenters. The summed E-state index contributed by atoms with van der Waals surface area (Å²) in [6, 6.07) is 4.47. The first kappa shape index (κ1) is 11.2.